The van der Waals surface area contributed by atoms with Gasteiger partial charge in [-0.15, -0.1) is 11.3 Å². The van der Waals surface area contributed by atoms with Crippen molar-refractivity contribution in [2.24, 2.45) is 0 Å². The highest BCUT2D eigenvalue weighted by atomic mass is 79.9. The summed E-state index contributed by atoms with van der Waals surface area (Å²) < 4.78 is 6.33. The van der Waals surface area contributed by atoms with E-state index in [1.54, 1.807) is 18.4 Å². The Labute approximate surface area is 91.4 Å². The van der Waals surface area contributed by atoms with Gasteiger partial charge in [0.25, 0.3) is 0 Å². The zero-order chi connectivity index (χ0) is 9.68. The standard InChI is InChI=1S/C9H14BrNOS/c1-3-11-8(6-12-2)9-7(10)4-5-13-9/h4-5,8,11H,3,6H2,1-2H3. The second kappa shape index (κ2) is 5.75. The molecular weight excluding hydrogens is 250 g/mol. The first kappa shape index (κ1) is 11.2. The van der Waals surface area contributed by atoms with E-state index < -0.39 is 0 Å². The summed E-state index contributed by atoms with van der Waals surface area (Å²) in [4.78, 5) is 1.31. The van der Waals surface area contributed by atoms with Crippen molar-refractivity contribution in [1.82, 2.24) is 5.32 Å². The van der Waals surface area contributed by atoms with E-state index in [1.807, 2.05) is 0 Å². The van der Waals surface area contributed by atoms with Gasteiger partial charge in [-0.1, -0.05) is 6.92 Å². The summed E-state index contributed by atoms with van der Waals surface area (Å²) in [5.41, 5.74) is 0. The van der Waals surface area contributed by atoms with Crippen LogP contribution in [0.4, 0.5) is 0 Å². The van der Waals surface area contributed by atoms with Crippen LogP contribution in [-0.2, 0) is 4.74 Å². The van der Waals surface area contributed by atoms with Gasteiger partial charge in [0.1, 0.15) is 0 Å². The maximum atomic E-state index is 5.16. The zero-order valence-corrected chi connectivity index (χ0v) is 10.2. The topological polar surface area (TPSA) is 21.3 Å². The van der Waals surface area contributed by atoms with Crippen molar-refractivity contribution in [1.29, 1.82) is 0 Å². The molecule has 0 saturated carbocycles. The fraction of sp³-hybridized carbons (Fsp3) is 0.556. The molecule has 74 valence electrons. The lowest BCUT2D eigenvalue weighted by molar-refractivity contribution is 0.169. The second-order valence-electron chi connectivity index (χ2n) is 2.70. The number of methoxy groups -OCH3 is 1. The van der Waals surface area contributed by atoms with Crippen molar-refractivity contribution < 1.29 is 4.74 Å². The summed E-state index contributed by atoms with van der Waals surface area (Å²) in [6.45, 7) is 3.77. The molecule has 1 N–H and O–H groups in total. The molecule has 1 unspecified atom stereocenters. The third-order valence-corrected chi connectivity index (χ3v) is 3.73. The fourth-order valence-corrected chi connectivity index (χ4v) is 2.91. The van der Waals surface area contributed by atoms with Gasteiger partial charge >= 0.3 is 0 Å². The number of hydrogen-bond donors (Lipinski definition) is 1. The minimum absolute atomic E-state index is 0.310. The Morgan fingerprint density at radius 3 is 2.92 bits per heavy atom. The highest BCUT2D eigenvalue weighted by molar-refractivity contribution is 9.10. The van der Waals surface area contributed by atoms with Crippen LogP contribution in [0.3, 0.4) is 0 Å². The molecule has 1 aromatic heterocycles. The minimum Gasteiger partial charge on any atom is -0.383 e. The van der Waals surface area contributed by atoms with Crippen LogP contribution in [0.5, 0.6) is 0 Å². The van der Waals surface area contributed by atoms with Crippen LogP contribution in [0.25, 0.3) is 0 Å². The van der Waals surface area contributed by atoms with Gasteiger partial charge in [-0.3, -0.25) is 0 Å². The Kier molecular flexibility index (Phi) is 4.94. The van der Waals surface area contributed by atoms with E-state index in [2.05, 4.69) is 39.6 Å². The van der Waals surface area contributed by atoms with E-state index in [-0.39, 0.29) is 0 Å². The van der Waals surface area contributed by atoms with Crippen LogP contribution in [0.1, 0.15) is 17.8 Å². The summed E-state index contributed by atoms with van der Waals surface area (Å²) in [5.74, 6) is 0. The van der Waals surface area contributed by atoms with Crippen LogP contribution >= 0.6 is 27.3 Å². The monoisotopic (exact) mass is 263 g/mol. The van der Waals surface area contributed by atoms with E-state index in [4.69, 9.17) is 4.74 Å². The predicted molar refractivity (Wildman–Crippen MR) is 60.3 cm³/mol. The fourth-order valence-electron chi connectivity index (χ4n) is 1.19. The number of hydrogen-bond acceptors (Lipinski definition) is 3. The Bertz CT molecular complexity index is 246. The first-order valence-corrected chi connectivity index (χ1v) is 5.92. The summed E-state index contributed by atoms with van der Waals surface area (Å²) in [6.07, 6.45) is 0. The van der Waals surface area contributed by atoms with Crippen LogP contribution in [0.15, 0.2) is 15.9 Å². The third kappa shape index (κ3) is 3.06. The van der Waals surface area contributed by atoms with Gasteiger partial charge in [0, 0.05) is 16.5 Å². The quantitative estimate of drug-likeness (QED) is 0.883. The first-order valence-electron chi connectivity index (χ1n) is 4.24. The van der Waals surface area contributed by atoms with Crippen molar-refractivity contribution in [3.8, 4) is 0 Å². The molecule has 1 aromatic rings. The van der Waals surface area contributed by atoms with E-state index in [0.717, 1.165) is 6.54 Å². The molecule has 1 atom stereocenters. The summed E-state index contributed by atoms with van der Waals surface area (Å²) in [5, 5.41) is 5.46. The number of thiophene rings is 1. The molecule has 13 heavy (non-hydrogen) atoms. The maximum Gasteiger partial charge on any atom is 0.0666 e. The molecule has 2 nitrogen and oxygen atoms in total. The van der Waals surface area contributed by atoms with Gasteiger partial charge in [0.05, 0.1) is 12.6 Å². The van der Waals surface area contributed by atoms with Gasteiger partial charge in [-0.2, -0.15) is 0 Å². The second-order valence-corrected chi connectivity index (χ2v) is 4.50. The Morgan fingerprint density at radius 2 is 2.46 bits per heavy atom. The molecule has 0 radical (unpaired) electrons. The summed E-state index contributed by atoms with van der Waals surface area (Å²) >= 11 is 5.27. The highest BCUT2D eigenvalue weighted by Gasteiger charge is 2.13. The lowest BCUT2D eigenvalue weighted by Crippen LogP contribution is -2.24. The molecule has 0 spiro atoms. The lowest BCUT2D eigenvalue weighted by Gasteiger charge is -2.15. The van der Waals surface area contributed by atoms with Crippen molar-refractivity contribution in [3.63, 3.8) is 0 Å². The van der Waals surface area contributed by atoms with Gasteiger partial charge in [-0.05, 0) is 33.9 Å². The van der Waals surface area contributed by atoms with Crippen LogP contribution in [0.2, 0.25) is 0 Å². The third-order valence-electron chi connectivity index (χ3n) is 1.75. The van der Waals surface area contributed by atoms with E-state index in [9.17, 15) is 0 Å². The SMILES string of the molecule is CCNC(COC)c1sccc1Br. The molecule has 0 aliphatic rings. The average Bonchev–Trinajstić information content (AvgIpc) is 2.51. The van der Waals surface area contributed by atoms with Crippen LogP contribution < -0.4 is 5.32 Å². The van der Waals surface area contributed by atoms with Crippen molar-refractivity contribution in [2.45, 2.75) is 13.0 Å². The smallest absolute Gasteiger partial charge is 0.0666 e. The number of nitrogens with one attached hydrogen (secondary N) is 1. The molecule has 0 saturated heterocycles. The molecule has 0 aromatic carbocycles. The molecule has 1 heterocycles. The number of rotatable bonds is 5. The molecule has 0 aliphatic heterocycles. The van der Waals surface area contributed by atoms with Crippen LogP contribution in [0, 0.1) is 0 Å². The molecule has 0 aliphatic carbocycles. The Balaban J connectivity index is 2.69. The molecule has 1 rings (SSSR count). The largest absolute Gasteiger partial charge is 0.383 e. The number of likely N-dealkylation sites (N-methyl/N-ethyl adjacent to an activating group) is 1. The molecule has 4 heteroatoms. The van der Waals surface area contributed by atoms with Gasteiger partial charge in [-0.25, -0.2) is 0 Å². The molecule has 0 bridgehead atoms. The summed E-state index contributed by atoms with van der Waals surface area (Å²) in [6, 6.07) is 2.38. The lowest BCUT2D eigenvalue weighted by atomic mass is 10.2. The summed E-state index contributed by atoms with van der Waals surface area (Å²) in [7, 11) is 1.73. The van der Waals surface area contributed by atoms with E-state index in [1.165, 1.54) is 9.35 Å². The average molecular weight is 264 g/mol. The maximum absolute atomic E-state index is 5.16. The normalized spacial score (nSPS) is 13.2. The first-order chi connectivity index (χ1) is 6.29. The Morgan fingerprint density at radius 1 is 1.69 bits per heavy atom. The van der Waals surface area contributed by atoms with Gasteiger partial charge < -0.3 is 10.1 Å². The highest BCUT2D eigenvalue weighted by Crippen LogP contribution is 2.28. The molecule has 0 fully saturated rings. The van der Waals surface area contributed by atoms with E-state index >= 15 is 0 Å². The number of ether oxygens (including phenoxy) is 1. The zero-order valence-electron chi connectivity index (χ0n) is 7.84. The van der Waals surface area contributed by atoms with Crippen molar-refractivity contribution >= 4 is 27.3 Å². The molecular formula is C9H14BrNOS. The van der Waals surface area contributed by atoms with Crippen LogP contribution in [-0.4, -0.2) is 20.3 Å². The van der Waals surface area contributed by atoms with Gasteiger partial charge in [0.15, 0.2) is 0 Å². The minimum atomic E-state index is 0.310. The molecule has 0 amide bonds. The van der Waals surface area contributed by atoms with Crippen molar-refractivity contribution in [3.05, 3.63) is 20.8 Å². The Hall–Kier alpha value is 0.100. The van der Waals surface area contributed by atoms with Gasteiger partial charge in [0.2, 0.25) is 0 Å². The van der Waals surface area contributed by atoms with E-state index in [0.29, 0.717) is 12.6 Å². The number of halogens is 1. The predicted octanol–water partition coefficient (Wildman–Crippen LogP) is 2.81. The van der Waals surface area contributed by atoms with Crippen molar-refractivity contribution in [2.75, 3.05) is 20.3 Å².